The molecule has 0 aliphatic rings. The second-order valence-corrected chi connectivity index (χ2v) is 8.37. The third kappa shape index (κ3) is 3.15. The van der Waals surface area contributed by atoms with Crippen molar-refractivity contribution in [2.24, 2.45) is 0 Å². The van der Waals surface area contributed by atoms with Crippen molar-refractivity contribution >= 4 is 32.4 Å². The summed E-state index contributed by atoms with van der Waals surface area (Å²) in [6, 6.07) is 8.25. The number of hydrogen-bond acceptors (Lipinski definition) is 3. The third-order valence-electron chi connectivity index (χ3n) is 3.80. The van der Waals surface area contributed by atoms with Crippen LogP contribution in [0.15, 0.2) is 40.1 Å². The monoisotopic (exact) mass is 430 g/mol. The second-order valence-electron chi connectivity index (χ2n) is 5.40. The summed E-state index contributed by atoms with van der Waals surface area (Å²) in [5.41, 5.74) is 3.57. The summed E-state index contributed by atoms with van der Waals surface area (Å²) >= 11 is 2.27. The van der Waals surface area contributed by atoms with E-state index in [2.05, 4.69) is 22.6 Å². The van der Waals surface area contributed by atoms with Crippen LogP contribution >= 0.6 is 22.6 Å². The highest BCUT2D eigenvalue weighted by atomic mass is 127. The summed E-state index contributed by atoms with van der Waals surface area (Å²) in [6.07, 6.45) is 0.787. The molecule has 0 amide bonds. The molecule has 0 fully saturated rings. The summed E-state index contributed by atoms with van der Waals surface area (Å²) in [7, 11) is -3.73. The number of benzene rings is 2. The molecule has 118 valence electrons. The molecule has 0 saturated heterocycles. The van der Waals surface area contributed by atoms with Crippen LogP contribution in [0.4, 0.5) is 0 Å². The van der Waals surface area contributed by atoms with Gasteiger partial charge in [0, 0.05) is 4.43 Å². The van der Waals surface area contributed by atoms with Gasteiger partial charge in [0.2, 0.25) is 9.84 Å². The number of rotatable bonds is 4. The summed E-state index contributed by atoms with van der Waals surface area (Å²) < 4.78 is 26.7. The predicted molar refractivity (Wildman–Crippen MR) is 96.8 cm³/mol. The minimum absolute atomic E-state index is 0.0294. The Kier molecular flexibility index (Phi) is 5.17. The maximum Gasteiger partial charge on any atom is 0.210 e. The van der Waals surface area contributed by atoms with Crippen LogP contribution in [-0.4, -0.2) is 18.0 Å². The fourth-order valence-electron chi connectivity index (χ4n) is 2.64. The van der Waals surface area contributed by atoms with Crippen molar-refractivity contribution in [3.05, 3.63) is 52.6 Å². The topological polar surface area (TPSA) is 54.4 Å². The standard InChI is InChI=1S/C17H19IO3S/c1-11-4-6-14(7-5-11)22(20,21)17-13(3)15(8-9-18)12(2)10-16(17)19/h4-7,10,19H,8-9H2,1-3H3. The molecular weight excluding hydrogens is 411 g/mol. The van der Waals surface area contributed by atoms with E-state index in [0.717, 1.165) is 27.5 Å². The maximum atomic E-state index is 12.9. The van der Waals surface area contributed by atoms with Crippen LogP contribution in [0, 0.1) is 20.8 Å². The number of alkyl halides is 1. The molecular formula is C17H19IO3S. The summed E-state index contributed by atoms with van der Waals surface area (Å²) in [6.45, 7) is 5.58. The van der Waals surface area contributed by atoms with Crippen molar-refractivity contribution in [2.45, 2.75) is 37.0 Å². The number of halogens is 1. The third-order valence-corrected chi connectivity index (χ3v) is 6.28. The van der Waals surface area contributed by atoms with Crippen LogP contribution in [0.25, 0.3) is 0 Å². The lowest BCUT2D eigenvalue weighted by molar-refractivity contribution is 0.456. The highest BCUT2D eigenvalue weighted by molar-refractivity contribution is 14.1. The maximum absolute atomic E-state index is 12.9. The van der Waals surface area contributed by atoms with Gasteiger partial charge in [0.25, 0.3) is 0 Å². The number of sulfone groups is 1. The minimum Gasteiger partial charge on any atom is -0.507 e. The molecule has 1 N–H and O–H groups in total. The zero-order valence-electron chi connectivity index (χ0n) is 12.9. The van der Waals surface area contributed by atoms with Gasteiger partial charge in [0.05, 0.1) is 4.90 Å². The molecule has 0 heterocycles. The summed E-state index contributed by atoms with van der Waals surface area (Å²) in [4.78, 5) is 0.238. The van der Waals surface area contributed by atoms with E-state index in [0.29, 0.717) is 5.56 Å². The first-order valence-electron chi connectivity index (χ1n) is 6.98. The van der Waals surface area contributed by atoms with Crippen LogP contribution in [0.5, 0.6) is 5.75 Å². The lowest BCUT2D eigenvalue weighted by Crippen LogP contribution is -2.08. The van der Waals surface area contributed by atoms with Crippen LogP contribution < -0.4 is 0 Å². The number of aryl methyl sites for hydroxylation is 2. The molecule has 0 aromatic heterocycles. The fraction of sp³-hybridized carbons (Fsp3) is 0.294. The molecule has 0 aliphatic carbocycles. The van der Waals surface area contributed by atoms with E-state index in [1.54, 1.807) is 37.3 Å². The van der Waals surface area contributed by atoms with Gasteiger partial charge in [-0.05, 0) is 62.1 Å². The van der Waals surface area contributed by atoms with Gasteiger partial charge >= 0.3 is 0 Å². The van der Waals surface area contributed by atoms with Crippen molar-refractivity contribution < 1.29 is 13.5 Å². The largest absolute Gasteiger partial charge is 0.507 e. The Morgan fingerprint density at radius 3 is 2.23 bits per heavy atom. The zero-order chi connectivity index (χ0) is 16.5. The lowest BCUT2D eigenvalue weighted by atomic mass is 10.0. The van der Waals surface area contributed by atoms with Gasteiger partial charge in [0.1, 0.15) is 10.6 Å². The first-order valence-corrected chi connectivity index (χ1v) is 9.99. The van der Waals surface area contributed by atoms with E-state index in [1.807, 2.05) is 13.8 Å². The molecule has 0 spiro atoms. The Morgan fingerprint density at radius 1 is 1.09 bits per heavy atom. The molecule has 0 unspecified atom stereocenters. The van der Waals surface area contributed by atoms with Gasteiger partial charge in [-0.1, -0.05) is 40.3 Å². The minimum atomic E-state index is -3.73. The number of aromatic hydroxyl groups is 1. The molecule has 0 aliphatic heterocycles. The average Bonchev–Trinajstić information content (AvgIpc) is 2.43. The van der Waals surface area contributed by atoms with Crippen molar-refractivity contribution in [1.82, 2.24) is 0 Å². The normalized spacial score (nSPS) is 11.6. The lowest BCUT2D eigenvalue weighted by Gasteiger charge is -2.16. The van der Waals surface area contributed by atoms with E-state index in [1.165, 1.54) is 0 Å². The summed E-state index contributed by atoms with van der Waals surface area (Å²) in [5.74, 6) is -0.173. The number of phenols is 1. The molecule has 0 radical (unpaired) electrons. The van der Waals surface area contributed by atoms with Crippen LogP contribution in [0.2, 0.25) is 0 Å². The van der Waals surface area contributed by atoms with E-state index < -0.39 is 9.84 Å². The van der Waals surface area contributed by atoms with E-state index >= 15 is 0 Å². The van der Waals surface area contributed by atoms with Gasteiger partial charge in [-0.25, -0.2) is 8.42 Å². The van der Waals surface area contributed by atoms with Crippen molar-refractivity contribution in [1.29, 1.82) is 0 Å². The van der Waals surface area contributed by atoms with Crippen LogP contribution in [-0.2, 0) is 16.3 Å². The Labute approximate surface area is 145 Å². The van der Waals surface area contributed by atoms with Crippen molar-refractivity contribution in [3.63, 3.8) is 0 Å². The van der Waals surface area contributed by atoms with E-state index in [-0.39, 0.29) is 15.5 Å². The fourth-order valence-corrected chi connectivity index (χ4v) is 4.77. The van der Waals surface area contributed by atoms with Crippen LogP contribution in [0.1, 0.15) is 22.3 Å². The average molecular weight is 430 g/mol. The zero-order valence-corrected chi connectivity index (χ0v) is 15.8. The molecule has 5 heteroatoms. The van der Waals surface area contributed by atoms with Crippen molar-refractivity contribution in [2.75, 3.05) is 4.43 Å². The SMILES string of the molecule is Cc1ccc(S(=O)(=O)c2c(O)cc(C)c(CCI)c2C)cc1. The molecule has 2 rings (SSSR count). The van der Waals surface area contributed by atoms with Crippen molar-refractivity contribution in [3.8, 4) is 5.75 Å². The quantitative estimate of drug-likeness (QED) is 0.587. The Morgan fingerprint density at radius 2 is 1.68 bits per heavy atom. The van der Waals surface area contributed by atoms with Gasteiger partial charge in [0.15, 0.2) is 0 Å². The Balaban J connectivity index is 2.70. The highest BCUT2D eigenvalue weighted by Gasteiger charge is 2.26. The van der Waals surface area contributed by atoms with E-state index in [9.17, 15) is 13.5 Å². The molecule has 2 aromatic rings. The molecule has 0 bridgehead atoms. The molecule has 0 atom stereocenters. The van der Waals surface area contributed by atoms with Crippen LogP contribution in [0.3, 0.4) is 0 Å². The number of hydrogen-bond donors (Lipinski definition) is 1. The summed E-state index contributed by atoms with van der Waals surface area (Å²) in [5, 5.41) is 10.2. The predicted octanol–water partition coefficient (Wildman–Crippen LogP) is 4.13. The van der Waals surface area contributed by atoms with Gasteiger partial charge in [-0.3, -0.25) is 0 Å². The molecule has 3 nitrogen and oxygen atoms in total. The van der Waals surface area contributed by atoms with E-state index in [4.69, 9.17) is 0 Å². The molecule has 2 aromatic carbocycles. The smallest absolute Gasteiger partial charge is 0.210 e. The first-order chi connectivity index (χ1) is 10.3. The van der Waals surface area contributed by atoms with Gasteiger partial charge in [-0.15, -0.1) is 0 Å². The first kappa shape index (κ1) is 17.3. The molecule has 0 saturated carbocycles. The Bertz CT molecular complexity index is 794. The second kappa shape index (κ2) is 6.58. The molecule has 22 heavy (non-hydrogen) atoms. The highest BCUT2D eigenvalue weighted by Crippen LogP contribution is 2.35. The van der Waals surface area contributed by atoms with Gasteiger partial charge < -0.3 is 5.11 Å². The Hall–Kier alpha value is -1.08. The van der Waals surface area contributed by atoms with Gasteiger partial charge in [-0.2, -0.15) is 0 Å². The number of phenolic OH excluding ortho intramolecular Hbond substituents is 1.